The van der Waals surface area contributed by atoms with E-state index in [9.17, 15) is 9.59 Å². The van der Waals surface area contributed by atoms with E-state index in [1.807, 2.05) is 18.2 Å². The Hall–Kier alpha value is -3.22. The molecule has 8 heteroatoms. The summed E-state index contributed by atoms with van der Waals surface area (Å²) in [6.45, 7) is 7.70. The SMILES string of the molecule is CCOC(=O)C(C)N(C(=O)c1ccccc1)c1cc(Cl)c(Oc2ccc(OC)c(C(C)CC)c2)c(Cl)c1. The number of hydrogen-bond donors (Lipinski definition) is 0. The number of benzene rings is 3. The fourth-order valence-corrected chi connectivity index (χ4v) is 4.44. The summed E-state index contributed by atoms with van der Waals surface area (Å²) in [6.07, 6.45) is 0.931. The summed E-state index contributed by atoms with van der Waals surface area (Å²) in [5, 5.41) is 0.371. The van der Waals surface area contributed by atoms with Crippen LogP contribution in [0.5, 0.6) is 17.2 Å². The van der Waals surface area contributed by atoms with Gasteiger partial charge in [-0.3, -0.25) is 9.69 Å². The predicted octanol–water partition coefficient (Wildman–Crippen LogP) is 7.91. The Kier molecular flexibility index (Phi) is 9.84. The molecular weight excluding hydrogens is 513 g/mol. The van der Waals surface area contributed by atoms with Crippen LogP contribution in [0.2, 0.25) is 10.0 Å². The summed E-state index contributed by atoms with van der Waals surface area (Å²) in [5.41, 5.74) is 1.75. The molecule has 3 aromatic carbocycles. The Balaban J connectivity index is 2.01. The summed E-state index contributed by atoms with van der Waals surface area (Å²) in [7, 11) is 1.63. The molecule has 2 atom stereocenters. The third-order valence-electron chi connectivity index (χ3n) is 6.08. The molecule has 6 nitrogen and oxygen atoms in total. The molecule has 0 aromatic heterocycles. The zero-order chi connectivity index (χ0) is 27.1. The second kappa shape index (κ2) is 12.8. The van der Waals surface area contributed by atoms with Gasteiger partial charge in [0.15, 0.2) is 5.75 Å². The Morgan fingerprint density at radius 2 is 1.59 bits per heavy atom. The highest BCUT2D eigenvalue weighted by molar-refractivity contribution is 6.38. The minimum absolute atomic E-state index is 0.185. The van der Waals surface area contributed by atoms with Crippen LogP contribution in [-0.2, 0) is 9.53 Å². The van der Waals surface area contributed by atoms with Crippen LogP contribution < -0.4 is 14.4 Å². The molecule has 37 heavy (non-hydrogen) atoms. The zero-order valence-corrected chi connectivity index (χ0v) is 23.1. The average molecular weight is 544 g/mol. The number of rotatable bonds is 10. The van der Waals surface area contributed by atoms with Crippen molar-refractivity contribution >= 4 is 40.8 Å². The van der Waals surface area contributed by atoms with E-state index >= 15 is 0 Å². The number of halogens is 2. The van der Waals surface area contributed by atoms with Gasteiger partial charge >= 0.3 is 5.97 Å². The maximum Gasteiger partial charge on any atom is 0.328 e. The molecule has 3 aromatic rings. The maximum atomic E-state index is 13.5. The highest BCUT2D eigenvalue weighted by Crippen LogP contribution is 2.42. The fraction of sp³-hybridized carbons (Fsp3) is 0.310. The van der Waals surface area contributed by atoms with Gasteiger partial charge in [-0.25, -0.2) is 4.79 Å². The Bertz CT molecular complexity index is 1230. The average Bonchev–Trinajstić information content (AvgIpc) is 2.90. The van der Waals surface area contributed by atoms with Crippen LogP contribution >= 0.6 is 23.2 Å². The molecule has 0 bridgehead atoms. The lowest BCUT2D eigenvalue weighted by atomic mass is 9.97. The highest BCUT2D eigenvalue weighted by atomic mass is 35.5. The van der Waals surface area contributed by atoms with Crippen LogP contribution in [0.3, 0.4) is 0 Å². The molecule has 0 aliphatic heterocycles. The van der Waals surface area contributed by atoms with Gasteiger partial charge in [-0.05, 0) is 68.7 Å². The molecular formula is C29H31Cl2NO5. The standard InChI is InChI=1S/C29H31Cl2NO5/c1-6-18(3)23-17-22(13-14-26(23)35-5)37-27-24(30)15-21(16-25(27)31)32(19(4)29(34)36-7-2)28(33)20-11-9-8-10-12-20/h8-19H,6-7H2,1-5H3. The van der Waals surface area contributed by atoms with Crippen molar-refractivity contribution in [2.45, 2.75) is 46.1 Å². The Labute approximate surface area is 228 Å². The van der Waals surface area contributed by atoms with E-state index in [1.54, 1.807) is 63.4 Å². The lowest BCUT2D eigenvalue weighted by Crippen LogP contribution is -2.44. The van der Waals surface area contributed by atoms with Crippen LogP contribution in [0.1, 0.15) is 56.0 Å². The number of nitrogens with zero attached hydrogens (tertiary/aromatic N) is 1. The molecule has 0 fully saturated rings. The summed E-state index contributed by atoms with van der Waals surface area (Å²) in [4.78, 5) is 27.4. The molecule has 0 N–H and O–H groups in total. The minimum Gasteiger partial charge on any atom is -0.496 e. The molecule has 3 rings (SSSR count). The lowest BCUT2D eigenvalue weighted by molar-refractivity contribution is -0.144. The molecule has 0 saturated carbocycles. The lowest BCUT2D eigenvalue weighted by Gasteiger charge is -2.28. The molecule has 0 spiro atoms. The zero-order valence-electron chi connectivity index (χ0n) is 21.6. The van der Waals surface area contributed by atoms with E-state index in [0.717, 1.165) is 17.7 Å². The van der Waals surface area contributed by atoms with E-state index < -0.39 is 17.9 Å². The monoisotopic (exact) mass is 543 g/mol. The van der Waals surface area contributed by atoms with Crippen LogP contribution in [-0.4, -0.2) is 31.6 Å². The summed E-state index contributed by atoms with van der Waals surface area (Å²) in [5.74, 6) is 0.879. The van der Waals surface area contributed by atoms with Crippen molar-refractivity contribution in [2.24, 2.45) is 0 Å². The largest absolute Gasteiger partial charge is 0.496 e. The fourth-order valence-electron chi connectivity index (χ4n) is 3.89. The molecule has 0 aliphatic carbocycles. The molecule has 0 saturated heterocycles. The van der Waals surface area contributed by atoms with Crippen molar-refractivity contribution in [3.8, 4) is 17.2 Å². The van der Waals surface area contributed by atoms with Crippen molar-refractivity contribution in [2.75, 3.05) is 18.6 Å². The Morgan fingerprint density at radius 1 is 0.946 bits per heavy atom. The van der Waals surface area contributed by atoms with Gasteiger partial charge in [0, 0.05) is 16.8 Å². The molecule has 1 amide bonds. The predicted molar refractivity (Wildman–Crippen MR) is 148 cm³/mol. The van der Waals surface area contributed by atoms with Crippen molar-refractivity contribution < 1.29 is 23.8 Å². The van der Waals surface area contributed by atoms with Crippen molar-refractivity contribution in [3.63, 3.8) is 0 Å². The number of carbonyl (C=O) groups is 2. The molecule has 0 radical (unpaired) electrons. The number of esters is 1. The number of hydrogen-bond acceptors (Lipinski definition) is 5. The van der Waals surface area contributed by atoms with Crippen molar-refractivity contribution in [1.29, 1.82) is 0 Å². The topological polar surface area (TPSA) is 65.1 Å². The quantitative estimate of drug-likeness (QED) is 0.243. The van der Waals surface area contributed by atoms with Crippen LogP contribution in [0, 0.1) is 0 Å². The first-order valence-corrected chi connectivity index (χ1v) is 12.9. The summed E-state index contributed by atoms with van der Waals surface area (Å²) < 4.78 is 16.8. The highest BCUT2D eigenvalue weighted by Gasteiger charge is 2.30. The third kappa shape index (κ3) is 6.56. The number of amides is 1. The van der Waals surface area contributed by atoms with E-state index in [4.69, 9.17) is 37.4 Å². The number of methoxy groups -OCH3 is 1. The first kappa shape index (κ1) is 28.4. The van der Waals surface area contributed by atoms with Crippen molar-refractivity contribution in [3.05, 3.63) is 81.8 Å². The van der Waals surface area contributed by atoms with E-state index in [2.05, 4.69) is 13.8 Å². The van der Waals surface area contributed by atoms with Crippen LogP contribution in [0.15, 0.2) is 60.7 Å². The minimum atomic E-state index is -0.925. The second-order valence-corrected chi connectivity index (χ2v) is 9.34. The second-order valence-electron chi connectivity index (χ2n) is 8.52. The van der Waals surface area contributed by atoms with E-state index in [-0.39, 0.29) is 28.3 Å². The van der Waals surface area contributed by atoms with E-state index in [0.29, 0.717) is 17.0 Å². The number of anilines is 1. The smallest absolute Gasteiger partial charge is 0.328 e. The van der Waals surface area contributed by atoms with Gasteiger partial charge in [-0.15, -0.1) is 0 Å². The first-order chi connectivity index (χ1) is 17.7. The molecule has 196 valence electrons. The van der Waals surface area contributed by atoms with Gasteiger partial charge in [-0.2, -0.15) is 0 Å². The third-order valence-corrected chi connectivity index (χ3v) is 6.64. The normalized spacial score (nSPS) is 12.4. The van der Waals surface area contributed by atoms with Crippen LogP contribution in [0.4, 0.5) is 5.69 Å². The summed E-state index contributed by atoms with van der Waals surface area (Å²) >= 11 is 13.2. The number of carbonyl (C=O) groups excluding carboxylic acids is 2. The van der Waals surface area contributed by atoms with Gasteiger partial charge in [0.2, 0.25) is 0 Å². The van der Waals surface area contributed by atoms with Gasteiger partial charge in [0.25, 0.3) is 5.91 Å². The number of ether oxygens (including phenoxy) is 3. The summed E-state index contributed by atoms with van der Waals surface area (Å²) in [6, 6.07) is 16.4. The first-order valence-electron chi connectivity index (χ1n) is 12.1. The maximum absolute atomic E-state index is 13.5. The van der Waals surface area contributed by atoms with Gasteiger partial charge in [-0.1, -0.05) is 55.2 Å². The van der Waals surface area contributed by atoms with E-state index in [1.165, 1.54) is 4.90 Å². The van der Waals surface area contributed by atoms with Gasteiger partial charge in [0.1, 0.15) is 17.5 Å². The van der Waals surface area contributed by atoms with Crippen LogP contribution in [0.25, 0.3) is 0 Å². The van der Waals surface area contributed by atoms with Crippen molar-refractivity contribution in [1.82, 2.24) is 0 Å². The molecule has 0 aliphatic rings. The molecule has 2 unspecified atom stereocenters. The molecule has 0 heterocycles. The Morgan fingerprint density at radius 3 is 2.16 bits per heavy atom. The van der Waals surface area contributed by atoms with Gasteiger partial charge in [0.05, 0.1) is 23.8 Å². The van der Waals surface area contributed by atoms with Gasteiger partial charge < -0.3 is 14.2 Å².